The lowest BCUT2D eigenvalue weighted by atomic mass is 10.0. The molecule has 60 valence electrons. The monoisotopic (exact) mass is 152 g/mol. The number of nitrogens with zero attached hydrogens (tertiary/aromatic N) is 2. The molecule has 1 aromatic heterocycles. The van der Waals surface area contributed by atoms with Crippen molar-refractivity contribution in [2.45, 2.75) is 25.3 Å². The van der Waals surface area contributed by atoms with Crippen LogP contribution in [-0.4, -0.2) is 22.0 Å². The fourth-order valence-electron chi connectivity index (χ4n) is 1.48. The Morgan fingerprint density at radius 3 is 3.09 bits per heavy atom. The average molecular weight is 152 g/mol. The molecule has 4 heteroatoms. The van der Waals surface area contributed by atoms with Gasteiger partial charge in [0.15, 0.2) is 0 Å². The van der Waals surface area contributed by atoms with Gasteiger partial charge >= 0.3 is 0 Å². The van der Waals surface area contributed by atoms with Crippen molar-refractivity contribution in [3.63, 3.8) is 0 Å². The minimum atomic E-state index is 0.433. The van der Waals surface area contributed by atoms with E-state index in [4.69, 9.17) is 0 Å². The maximum absolute atomic E-state index is 4.04. The SMILES string of the molecule is c1n[nH]nc1[C@@H]1CCCCN1. The van der Waals surface area contributed by atoms with E-state index in [1.807, 2.05) is 0 Å². The number of nitrogens with one attached hydrogen (secondary N) is 2. The maximum atomic E-state index is 4.04. The van der Waals surface area contributed by atoms with E-state index in [9.17, 15) is 0 Å². The number of piperidine rings is 1. The lowest BCUT2D eigenvalue weighted by Crippen LogP contribution is -2.26. The summed E-state index contributed by atoms with van der Waals surface area (Å²) < 4.78 is 0. The van der Waals surface area contributed by atoms with E-state index in [-0.39, 0.29) is 0 Å². The molecule has 2 rings (SSSR count). The standard InChI is InChI=1S/C7H12N4/c1-2-4-8-6(3-1)7-5-9-11-10-7/h5-6,8H,1-4H2,(H,9,10,11)/t6-/m0/s1. The van der Waals surface area contributed by atoms with Crippen molar-refractivity contribution in [2.75, 3.05) is 6.54 Å². The van der Waals surface area contributed by atoms with Gasteiger partial charge in [0, 0.05) is 0 Å². The fraction of sp³-hybridized carbons (Fsp3) is 0.714. The Labute approximate surface area is 65.4 Å². The van der Waals surface area contributed by atoms with Gasteiger partial charge in [-0.3, -0.25) is 0 Å². The van der Waals surface area contributed by atoms with Crippen LogP contribution in [0.3, 0.4) is 0 Å². The first-order valence-electron chi connectivity index (χ1n) is 4.06. The summed E-state index contributed by atoms with van der Waals surface area (Å²) in [5.41, 5.74) is 1.05. The van der Waals surface area contributed by atoms with Gasteiger partial charge in [-0.1, -0.05) is 6.42 Å². The van der Waals surface area contributed by atoms with Gasteiger partial charge < -0.3 is 5.32 Å². The Morgan fingerprint density at radius 1 is 1.45 bits per heavy atom. The summed E-state index contributed by atoms with van der Waals surface area (Å²) in [5, 5.41) is 13.8. The molecule has 0 amide bonds. The van der Waals surface area contributed by atoms with Crippen LogP contribution in [-0.2, 0) is 0 Å². The molecule has 0 bridgehead atoms. The predicted molar refractivity (Wildman–Crippen MR) is 41.0 cm³/mol. The molecule has 0 unspecified atom stereocenters. The Kier molecular flexibility index (Phi) is 1.85. The highest BCUT2D eigenvalue weighted by Crippen LogP contribution is 2.19. The maximum Gasteiger partial charge on any atom is 0.0993 e. The Morgan fingerprint density at radius 2 is 2.45 bits per heavy atom. The zero-order valence-corrected chi connectivity index (χ0v) is 6.38. The molecule has 1 atom stereocenters. The Bertz CT molecular complexity index is 200. The zero-order chi connectivity index (χ0) is 7.52. The number of aromatic amines is 1. The van der Waals surface area contributed by atoms with Crippen molar-refractivity contribution in [1.82, 2.24) is 20.7 Å². The number of rotatable bonds is 1. The highest BCUT2D eigenvalue weighted by atomic mass is 15.3. The molecule has 0 spiro atoms. The van der Waals surface area contributed by atoms with Gasteiger partial charge in [0.05, 0.1) is 17.9 Å². The van der Waals surface area contributed by atoms with E-state index in [0.717, 1.165) is 12.2 Å². The summed E-state index contributed by atoms with van der Waals surface area (Å²) in [6.07, 6.45) is 5.56. The number of hydrogen-bond donors (Lipinski definition) is 2. The molecule has 1 fully saturated rings. The third-order valence-corrected chi connectivity index (χ3v) is 2.10. The van der Waals surface area contributed by atoms with E-state index >= 15 is 0 Å². The molecule has 0 radical (unpaired) electrons. The quantitative estimate of drug-likeness (QED) is 0.620. The summed E-state index contributed by atoms with van der Waals surface area (Å²) in [6, 6.07) is 0.433. The topological polar surface area (TPSA) is 53.6 Å². The first-order chi connectivity index (χ1) is 5.47. The van der Waals surface area contributed by atoms with Crippen molar-refractivity contribution in [1.29, 1.82) is 0 Å². The highest BCUT2D eigenvalue weighted by Gasteiger charge is 2.15. The number of aromatic nitrogens is 3. The van der Waals surface area contributed by atoms with Crippen molar-refractivity contribution >= 4 is 0 Å². The summed E-state index contributed by atoms with van der Waals surface area (Å²) in [5.74, 6) is 0. The smallest absolute Gasteiger partial charge is 0.0993 e. The van der Waals surface area contributed by atoms with Gasteiger partial charge in [0.1, 0.15) is 0 Å². The third kappa shape index (κ3) is 1.40. The van der Waals surface area contributed by atoms with Crippen LogP contribution >= 0.6 is 0 Å². The lowest BCUT2D eigenvalue weighted by Gasteiger charge is -2.20. The van der Waals surface area contributed by atoms with Crippen molar-refractivity contribution in [2.24, 2.45) is 0 Å². The summed E-state index contributed by atoms with van der Waals surface area (Å²) >= 11 is 0. The minimum Gasteiger partial charge on any atom is -0.309 e. The molecule has 1 aliphatic heterocycles. The van der Waals surface area contributed by atoms with E-state index in [1.54, 1.807) is 6.20 Å². The van der Waals surface area contributed by atoms with Gasteiger partial charge in [-0.25, -0.2) is 0 Å². The van der Waals surface area contributed by atoms with Crippen LogP contribution in [0.25, 0.3) is 0 Å². The fourth-order valence-corrected chi connectivity index (χ4v) is 1.48. The van der Waals surface area contributed by atoms with Crippen LogP contribution in [0.1, 0.15) is 31.0 Å². The Balaban J connectivity index is 2.04. The number of hydrogen-bond acceptors (Lipinski definition) is 3. The van der Waals surface area contributed by atoms with Gasteiger partial charge in [-0.05, 0) is 19.4 Å². The van der Waals surface area contributed by atoms with E-state index in [0.29, 0.717) is 6.04 Å². The number of H-pyrrole nitrogens is 1. The highest BCUT2D eigenvalue weighted by molar-refractivity contribution is 5.00. The molecule has 0 aliphatic carbocycles. The van der Waals surface area contributed by atoms with Crippen molar-refractivity contribution < 1.29 is 0 Å². The van der Waals surface area contributed by atoms with Crippen LogP contribution in [0.4, 0.5) is 0 Å². The summed E-state index contributed by atoms with van der Waals surface area (Å²) in [4.78, 5) is 0. The molecular weight excluding hydrogens is 140 g/mol. The predicted octanol–water partition coefficient (Wildman–Crippen LogP) is 0.619. The average Bonchev–Trinajstić information content (AvgIpc) is 2.58. The van der Waals surface area contributed by atoms with E-state index < -0.39 is 0 Å². The largest absolute Gasteiger partial charge is 0.309 e. The van der Waals surface area contributed by atoms with E-state index in [2.05, 4.69) is 20.7 Å². The van der Waals surface area contributed by atoms with Gasteiger partial charge in [0.25, 0.3) is 0 Å². The molecule has 1 aromatic rings. The zero-order valence-electron chi connectivity index (χ0n) is 6.38. The summed E-state index contributed by atoms with van der Waals surface area (Å²) in [7, 11) is 0. The molecule has 1 aliphatic rings. The second-order valence-electron chi connectivity index (χ2n) is 2.90. The van der Waals surface area contributed by atoms with Crippen molar-refractivity contribution in [3.8, 4) is 0 Å². The molecule has 11 heavy (non-hydrogen) atoms. The molecule has 4 nitrogen and oxygen atoms in total. The van der Waals surface area contributed by atoms with E-state index in [1.165, 1.54) is 19.3 Å². The van der Waals surface area contributed by atoms with Gasteiger partial charge in [-0.2, -0.15) is 15.4 Å². The van der Waals surface area contributed by atoms with Crippen molar-refractivity contribution in [3.05, 3.63) is 11.9 Å². The summed E-state index contributed by atoms with van der Waals surface area (Å²) in [6.45, 7) is 1.11. The Hall–Kier alpha value is -0.900. The minimum absolute atomic E-state index is 0.433. The van der Waals surface area contributed by atoms with Gasteiger partial charge in [0.2, 0.25) is 0 Å². The normalized spacial score (nSPS) is 25.3. The molecule has 2 N–H and O–H groups in total. The second kappa shape index (κ2) is 3.00. The first-order valence-corrected chi connectivity index (χ1v) is 4.06. The third-order valence-electron chi connectivity index (χ3n) is 2.10. The van der Waals surface area contributed by atoms with Gasteiger partial charge in [-0.15, -0.1) is 0 Å². The molecule has 0 aromatic carbocycles. The molecule has 1 saturated heterocycles. The van der Waals surface area contributed by atoms with Crippen LogP contribution in [0, 0.1) is 0 Å². The van der Waals surface area contributed by atoms with Crippen LogP contribution in [0.2, 0.25) is 0 Å². The molecule has 2 heterocycles. The molecule has 0 saturated carbocycles. The first kappa shape index (κ1) is 6.79. The second-order valence-corrected chi connectivity index (χ2v) is 2.90. The lowest BCUT2D eigenvalue weighted by molar-refractivity contribution is 0.405. The van der Waals surface area contributed by atoms with Crippen LogP contribution < -0.4 is 5.32 Å². The van der Waals surface area contributed by atoms with Crippen LogP contribution in [0.5, 0.6) is 0 Å². The molecular formula is C7H12N4. The van der Waals surface area contributed by atoms with Crippen LogP contribution in [0.15, 0.2) is 6.20 Å².